The van der Waals surface area contributed by atoms with E-state index >= 15 is 0 Å². The summed E-state index contributed by atoms with van der Waals surface area (Å²) < 4.78 is 11.5. The maximum Gasteiger partial charge on any atom is 0.168 e. The molecule has 0 saturated heterocycles. The zero-order valence-electron chi connectivity index (χ0n) is 12.4. The summed E-state index contributed by atoms with van der Waals surface area (Å²) in [6, 6.07) is 22.6. The van der Waals surface area contributed by atoms with Crippen LogP contribution in [0.5, 0.6) is 17.2 Å². The third-order valence-electron chi connectivity index (χ3n) is 3.29. The molecule has 2 N–H and O–H groups in total. The maximum absolute atomic E-state index is 6.10. The second kappa shape index (κ2) is 7.07. The van der Waals surface area contributed by atoms with E-state index in [4.69, 9.17) is 26.8 Å². The SMILES string of the molecule is Nc1cccc(Cl)c1Oc1ccc(OCc2ccccc2)cc1. The summed E-state index contributed by atoms with van der Waals surface area (Å²) >= 11 is 6.10. The summed E-state index contributed by atoms with van der Waals surface area (Å²) in [7, 11) is 0. The van der Waals surface area contributed by atoms with Crippen LogP contribution in [0.15, 0.2) is 72.8 Å². The number of rotatable bonds is 5. The lowest BCUT2D eigenvalue weighted by molar-refractivity contribution is 0.306. The predicted molar refractivity (Wildman–Crippen MR) is 93.2 cm³/mol. The average Bonchev–Trinajstić information content (AvgIpc) is 2.58. The molecule has 0 aromatic heterocycles. The minimum atomic E-state index is 0.465. The van der Waals surface area contributed by atoms with E-state index in [9.17, 15) is 0 Å². The lowest BCUT2D eigenvalue weighted by Crippen LogP contribution is -1.95. The van der Waals surface area contributed by atoms with Crippen molar-refractivity contribution in [2.24, 2.45) is 0 Å². The number of benzene rings is 3. The summed E-state index contributed by atoms with van der Waals surface area (Å²) in [5, 5.41) is 0.481. The van der Waals surface area contributed by atoms with E-state index in [1.54, 1.807) is 18.2 Å². The molecule has 4 heteroatoms. The third-order valence-corrected chi connectivity index (χ3v) is 3.59. The summed E-state index contributed by atoms with van der Waals surface area (Å²) in [5.74, 6) is 1.89. The first-order valence-corrected chi connectivity index (χ1v) is 7.59. The number of hydrogen-bond donors (Lipinski definition) is 1. The largest absolute Gasteiger partial charge is 0.489 e. The Balaban J connectivity index is 1.65. The van der Waals surface area contributed by atoms with E-state index in [1.165, 1.54) is 0 Å². The van der Waals surface area contributed by atoms with Gasteiger partial charge in [0.25, 0.3) is 0 Å². The number of hydrogen-bond acceptors (Lipinski definition) is 3. The van der Waals surface area contributed by atoms with Crippen molar-refractivity contribution in [1.82, 2.24) is 0 Å². The van der Waals surface area contributed by atoms with E-state index < -0.39 is 0 Å². The van der Waals surface area contributed by atoms with E-state index in [1.807, 2.05) is 54.6 Å². The first-order chi connectivity index (χ1) is 11.2. The van der Waals surface area contributed by atoms with Crippen LogP contribution in [-0.2, 0) is 6.61 Å². The zero-order chi connectivity index (χ0) is 16.1. The van der Waals surface area contributed by atoms with Crippen LogP contribution in [0, 0.1) is 0 Å². The average molecular weight is 326 g/mol. The Hall–Kier alpha value is -2.65. The molecular weight excluding hydrogens is 310 g/mol. The van der Waals surface area contributed by atoms with Crippen molar-refractivity contribution in [2.75, 3.05) is 5.73 Å². The maximum atomic E-state index is 6.10. The van der Waals surface area contributed by atoms with Crippen LogP contribution in [0.4, 0.5) is 5.69 Å². The van der Waals surface area contributed by atoms with E-state index in [0.717, 1.165) is 11.3 Å². The second-order valence-electron chi connectivity index (χ2n) is 5.01. The van der Waals surface area contributed by atoms with Gasteiger partial charge < -0.3 is 15.2 Å². The Labute approximate surface area is 140 Å². The number of nitrogens with two attached hydrogens (primary N) is 1. The Morgan fingerprint density at radius 1 is 0.783 bits per heavy atom. The standard InChI is InChI=1S/C19H16ClNO2/c20-17-7-4-8-18(21)19(17)23-16-11-9-15(10-12-16)22-13-14-5-2-1-3-6-14/h1-12H,13,21H2. The van der Waals surface area contributed by atoms with Gasteiger partial charge in [-0.05, 0) is 42.0 Å². The van der Waals surface area contributed by atoms with Gasteiger partial charge in [-0.2, -0.15) is 0 Å². The molecule has 0 aliphatic carbocycles. The van der Waals surface area contributed by atoms with Gasteiger partial charge in [-0.3, -0.25) is 0 Å². The minimum Gasteiger partial charge on any atom is -0.489 e. The number of para-hydroxylation sites is 1. The molecule has 0 bridgehead atoms. The highest BCUT2D eigenvalue weighted by molar-refractivity contribution is 6.32. The highest BCUT2D eigenvalue weighted by Crippen LogP contribution is 2.35. The van der Waals surface area contributed by atoms with Crippen LogP contribution >= 0.6 is 11.6 Å². The lowest BCUT2D eigenvalue weighted by atomic mass is 10.2. The minimum absolute atomic E-state index is 0.465. The number of ether oxygens (including phenoxy) is 2. The summed E-state index contributed by atoms with van der Waals surface area (Å²) in [4.78, 5) is 0. The van der Waals surface area contributed by atoms with Gasteiger partial charge >= 0.3 is 0 Å². The van der Waals surface area contributed by atoms with Crippen molar-refractivity contribution in [3.63, 3.8) is 0 Å². The van der Waals surface area contributed by atoms with Crippen LogP contribution in [0.25, 0.3) is 0 Å². The molecular formula is C19H16ClNO2. The van der Waals surface area contributed by atoms with Crippen molar-refractivity contribution in [3.05, 3.63) is 83.4 Å². The third kappa shape index (κ3) is 3.96. The van der Waals surface area contributed by atoms with Crippen LogP contribution in [-0.4, -0.2) is 0 Å². The topological polar surface area (TPSA) is 44.5 Å². The zero-order valence-corrected chi connectivity index (χ0v) is 13.2. The molecule has 0 heterocycles. The monoisotopic (exact) mass is 325 g/mol. The fraction of sp³-hybridized carbons (Fsp3) is 0.0526. The molecule has 3 nitrogen and oxygen atoms in total. The first kappa shape index (κ1) is 15.3. The Bertz CT molecular complexity index is 753. The molecule has 23 heavy (non-hydrogen) atoms. The fourth-order valence-corrected chi connectivity index (χ4v) is 2.32. The normalized spacial score (nSPS) is 10.3. The van der Waals surface area contributed by atoms with Crippen molar-refractivity contribution in [2.45, 2.75) is 6.61 Å². The van der Waals surface area contributed by atoms with E-state index in [0.29, 0.717) is 28.8 Å². The molecule has 0 atom stereocenters. The molecule has 0 aliphatic rings. The highest BCUT2D eigenvalue weighted by atomic mass is 35.5. The first-order valence-electron chi connectivity index (χ1n) is 7.21. The fourth-order valence-electron chi connectivity index (χ4n) is 2.10. The van der Waals surface area contributed by atoms with Crippen LogP contribution in [0.3, 0.4) is 0 Å². The Morgan fingerprint density at radius 2 is 1.48 bits per heavy atom. The predicted octanol–water partition coefficient (Wildman–Crippen LogP) is 5.29. The summed E-state index contributed by atoms with van der Waals surface area (Å²) in [6.45, 7) is 0.526. The molecule has 116 valence electrons. The van der Waals surface area contributed by atoms with Crippen molar-refractivity contribution in [1.29, 1.82) is 0 Å². The second-order valence-corrected chi connectivity index (χ2v) is 5.41. The smallest absolute Gasteiger partial charge is 0.168 e. The van der Waals surface area contributed by atoms with Gasteiger partial charge in [-0.25, -0.2) is 0 Å². The van der Waals surface area contributed by atoms with Gasteiger partial charge in [0, 0.05) is 0 Å². The molecule has 3 aromatic carbocycles. The molecule has 0 fully saturated rings. The quantitative estimate of drug-likeness (QED) is 0.648. The van der Waals surface area contributed by atoms with Crippen LogP contribution in [0.1, 0.15) is 5.56 Å². The molecule has 0 aliphatic heterocycles. The molecule has 0 saturated carbocycles. The Morgan fingerprint density at radius 3 is 2.17 bits per heavy atom. The highest BCUT2D eigenvalue weighted by Gasteiger charge is 2.07. The number of halogens is 1. The number of anilines is 1. The molecule has 3 rings (SSSR count). The van der Waals surface area contributed by atoms with Crippen LogP contribution in [0.2, 0.25) is 5.02 Å². The van der Waals surface area contributed by atoms with E-state index in [-0.39, 0.29) is 0 Å². The van der Waals surface area contributed by atoms with Crippen LogP contribution < -0.4 is 15.2 Å². The van der Waals surface area contributed by atoms with Gasteiger partial charge in [0.05, 0.1) is 10.7 Å². The molecule has 3 aromatic rings. The molecule has 0 amide bonds. The Kier molecular flexibility index (Phi) is 4.69. The van der Waals surface area contributed by atoms with E-state index in [2.05, 4.69) is 0 Å². The van der Waals surface area contributed by atoms with Gasteiger partial charge in [0.2, 0.25) is 0 Å². The van der Waals surface area contributed by atoms with Crippen molar-refractivity contribution < 1.29 is 9.47 Å². The molecule has 0 unspecified atom stereocenters. The van der Waals surface area contributed by atoms with Gasteiger partial charge in [0.15, 0.2) is 5.75 Å². The van der Waals surface area contributed by atoms with Gasteiger partial charge in [0.1, 0.15) is 18.1 Å². The van der Waals surface area contributed by atoms with Gasteiger partial charge in [-0.1, -0.05) is 48.0 Å². The summed E-state index contributed by atoms with van der Waals surface area (Å²) in [6.07, 6.45) is 0. The van der Waals surface area contributed by atoms with Gasteiger partial charge in [-0.15, -0.1) is 0 Å². The summed E-state index contributed by atoms with van der Waals surface area (Å²) in [5.41, 5.74) is 7.50. The van der Waals surface area contributed by atoms with Crippen molar-refractivity contribution >= 4 is 17.3 Å². The molecule has 0 spiro atoms. The number of nitrogen functional groups attached to an aromatic ring is 1. The lowest BCUT2D eigenvalue weighted by Gasteiger charge is -2.11. The molecule has 0 radical (unpaired) electrons. The van der Waals surface area contributed by atoms with Crippen molar-refractivity contribution in [3.8, 4) is 17.2 Å².